The molecule has 25 heavy (non-hydrogen) atoms. The molecule has 4 rings (SSSR count). The van der Waals surface area contributed by atoms with Crippen LogP contribution in [0.2, 0.25) is 0 Å². The van der Waals surface area contributed by atoms with Crippen molar-refractivity contribution in [3.63, 3.8) is 0 Å². The molecule has 0 bridgehead atoms. The van der Waals surface area contributed by atoms with Crippen molar-refractivity contribution in [1.29, 1.82) is 0 Å². The second-order valence-corrected chi connectivity index (χ2v) is 9.12. The van der Waals surface area contributed by atoms with Gasteiger partial charge in [-0.05, 0) is 79.4 Å². The second-order valence-electron chi connectivity index (χ2n) is 9.12. The highest BCUT2D eigenvalue weighted by Gasteiger charge is 2.54. The first kappa shape index (κ1) is 17.4. The van der Waals surface area contributed by atoms with Crippen molar-refractivity contribution in [2.45, 2.75) is 65.2 Å². The Balaban J connectivity index is 1.70. The predicted molar refractivity (Wildman–Crippen MR) is 108 cm³/mol. The van der Waals surface area contributed by atoms with Crippen molar-refractivity contribution in [2.24, 2.45) is 40.9 Å². The lowest BCUT2D eigenvalue weighted by Crippen LogP contribution is -2.42. The Hall–Kier alpha value is -1.04. The highest BCUT2D eigenvalue weighted by molar-refractivity contribution is 5.22. The van der Waals surface area contributed by atoms with E-state index >= 15 is 0 Å². The summed E-state index contributed by atoms with van der Waals surface area (Å²) in [6, 6.07) is 0. The van der Waals surface area contributed by atoms with Crippen LogP contribution < -0.4 is 0 Å². The summed E-state index contributed by atoms with van der Waals surface area (Å²) in [6.45, 7) is 4.85. The highest BCUT2D eigenvalue weighted by Crippen LogP contribution is 2.62. The minimum absolute atomic E-state index is 0.563. The first-order chi connectivity index (χ1) is 12.3. The van der Waals surface area contributed by atoms with E-state index in [0.717, 1.165) is 35.5 Å². The molecule has 2 fully saturated rings. The van der Waals surface area contributed by atoms with Crippen molar-refractivity contribution >= 4 is 0 Å². The average molecular weight is 337 g/mol. The number of hydrogen-bond donors (Lipinski definition) is 0. The highest BCUT2D eigenvalue weighted by atomic mass is 14.6. The maximum atomic E-state index is 2.57. The Morgan fingerprint density at radius 2 is 1.08 bits per heavy atom. The molecule has 0 nitrogen and oxygen atoms in total. The van der Waals surface area contributed by atoms with Crippen LogP contribution in [0.3, 0.4) is 0 Å². The van der Waals surface area contributed by atoms with E-state index in [4.69, 9.17) is 0 Å². The first-order valence-corrected chi connectivity index (χ1v) is 11.0. The normalized spacial score (nSPS) is 39.0. The average Bonchev–Trinajstić information content (AvgIpc) is 3.26. The number of rotatable bonds is 6. The lowest BCUT2D eigenvalue weighted by molar-refractivity contribution is 0.0142. The van der Waals surface area contributed by atoms with Crippen LogP contribution in [-0.2, 0) is 0 Å². The van der Waals surface area contributed by atoms with Gasteiger partial charge in [0.2, 0.25) is 0 Å². The SMILES string of the molecule is CCCC(CCC)(C1CCC2C=CC=CC21)C1CCC2C=CC=CC21. The summed E-state index contributed by atoms with van der Waals surface area (Å²) in [5.74, 6) is 5.07. The predicted octanol–water partition coefficient (Wildman–Crippen LogP) is 7.11. The van der Waals surface area contributed by atoms with Gasteiger partial charge >= 0.3 is 0 Å². The molecule has 0 radical (unpaired) electrons. The van der Waals surface area contributed by atoms with E-state index in [0.29, 0.717) is 5.41 Å². The zero-order valence-electron chi connectivity index (χ0n) is 16.2. The molecule has 0 saturated heterocycles. The van der Waals surface area contributed by atoms with Gasteiger partial charge in [-0.3, -0.25) is 0 Å². The van der Waals surface area contributed by atoms with Crippen LogP contribution in [0.15, 0.2) is 48.6 Å². The van der Waals surface area contributed by atoms with E-state index in [1.165, 1.54) is 51.4 Å². The van der Waals surface area contributed by atoms with Crippen molar-refractivity contribution in [3.05, 3.63) is 48.6 Å². The van der Waals surface area contributed by atoms with Crippen LogP contribution in [0, 0.1) is 40.9 Å². The Kier molecular flexibility index (Phi) is 5.07. The summed E-state index contributed by atoms with van der Waals surface area (Å²) in [7, 11) is 0. The van der Waals surface area contributed by atoms with E-state index in [9.17, 15) is 0 Å². The fraction of sp³-hybridized carbons (Fsp3) is 0.680. The summed E-state index contributed by atoms with van der Waals surface area (Å²) in [5.41, 5.74) is 0.563. The van der Waals surface area contributed by atoms with E-state index in [1.54, 1.807) is 0 Å². The third-order valence-electron chi connectivity index (χ3n) is 8.05. The van der Waals surface area contributed by atoms with Gasteiger partial charge in [0.25, 0.3) is 0 Å². The van der Waals surface area contributed by atoms with Crippen molar-refractivity contribution in [3.8, 4) is 0 Å². The number of hydrogen-bond acceptors (Lipinski definition) is 0. The summed E-state index contributed by atoms with van der Waals surface area (Å²) in [5, 5.41) is 0. The number of fused-ring (bicyclic) bond motifs is 2. The maximum absolute atomic E-state index is 2.57. The Bertz CT molecular complexity index is 523. The molecule has 136 valence electrons. The quantitative estimate of drug-likeness (QED) is 0.485. The summed E-state index contributed by atoms with van der Waals surface area (Å²) >= 11 is 0. The van der Waals surface area contributed by atoms with Gasteiger partial charge in [-0.2, -0.15) is 0 Å². The molecule has 4 aliphatic carbocycles. The molecule has 2 saturated carbocycles. The maximum Gasteiger partial charge on any atom is -0.0134 e. The molecule has 0 aliphatic heterocycles. The van der Waals surface area contributed by atoms with Crippen molar-refractivity contribution in [1.82, 2.24) is 0 Å². The first-order valence-electron chi connectivity index (χ1n) is 11.0. The zero-order valence-corrected chi connectivity index (χ0v) is 16.2. The van der Waals surface area contributed by atoms with Gasteiger partial charge < -0.3 is 0 Å². The fourth-order valence-corrected chi connectivity index (χ4v) is 7.33. The van der Waals surface area contributed by atoms with Gasteiger partial charge in [0.05, 0.1) is 0 Å². The molecule has 0 N–H and O–H groups in total. The molecule has 4 aliphatic rings. The molecular weight excluding hydrogens is 300 g/mol. The standard InChI is InChI=1S/C25H36/c1-3-17-25(18-4-2,23-15-13-19-9-5-7-11-21(19)23)24-16-14-20-10-6-8-12-22(20)24/h5-12,19-24H,3-4,13-18H2,1-2H3. The lowest BCUT2D eigenvalue weighted by atomic mass is 9.55. The Morgan fingerprint density at radius 3 is 1.52 bits per heavy atom. The Labute approximate surface area is 155 Å². The van der Waals surface area contributed by atoms with Crippen LogP contribution in [0.4, 0.5) is 0 Å². The van der Waals surface area contributed by atoms with Gasteiger partial charge in [0.1, 0.15) is 0 Å². The topological polar surface area (TPSA) is 0 Å². The van der Waals surface area contributed by atoms with Gasteiger partial charge in [-0.15, -0.1) is 0 Å². The van der Waals surface area contributed by atoms with E-state index in [1.807, 2.05) is 0 Å². The van der Waals surface area contributed by atoms with E-state index in [2.05, 4.69) is 62.5 Å². The molecule has 0 amide bonds. The molecule has 6 unspecified atom stereocenters. The second kappa shape index (κ2) is 7.29. The van der Waals surface area contributed by atoms with E-state index < -0.39 is 0 Å². The van der Waals surface area contributed by atoms with Crippen LogP contribution in [0.25, 0.3) is 0 Å². The molecule has 6 atom stereocenters. The lowest BCUT2D eigenvalue weighted by Gasteiger charge is -2.49. The third-order valence-corrected chi connectivity index (χ3v) is 8.05. The third kappa shape index (κ3) is 2.90. The van der Waals surface area contributed by atoms with Gasteiger partial charge in [0, 0.05) is 0 Å². The molecule has 0 heterocycles. The fourth-order valence-electron chi connectivity index (χ4n) is 7.33. The zero-order chi connectivity index (χ0) is 17.3. The summed E-state index contributed by atoms with van der Waals surface area (Å²) < 4.78 is 0. The summed E-state index contributed by atoms with van der Waals surface area (Å²) in [4.78, 5) is 0. The molecule has 0 aromatic carbocycles. The van der Waals surface area contributed by atoms with Crippen LogP contribution >= 0.6 is 0 Å². The van der Waals surface area contributed by atoms with Gasteiger partial charge in [-0.25, -0.2) is 0 Å². The minimum Gasteiger partial charge on any atom is -0.0808 e. The minimum atomic E-state index is 0.563. The van der Waals surface area contributed by atoms with Crippen LogP contribution in [-0.4, -0.2) is 0 Å². The Morgan fingerprint density at radius 1 is 0.640 bits per heavy atom. The molecule has 0 spiro atoms. The van der Waals surface area contributed by atoms with Gasteiger partial charge in [-0.1, -0.05) is 75.3 Å². The largest absolute Gasteiger partial charge is 0.0808 e. The van der Waals surface area contributed by atoms with Crippen molar-refractivity contribution in [2.75, 3.05) is 0 Å². The van der Waals surface area contributed by atoms with Crippen LogP contribution in [0.1, 0.15) is 65.2 Å². The molecule has 0 aromatic heterocycles. The van der Waals surface area contributed by atoms with E-state index in [-0.39, 0.29) is 0 Å². The molecule has 0 aromatic rings. The van der Waals surface area contributed by atoms with Gasteiger partial charge in [0.15, 0.2) is 0 Å². The van der Waals surface area contributed by atoms with Crippen molar-refractivity contribution < 1.29 is 0 Å². The molecular formula is C25H36. The summed E-state index contributed by atoms with van der Waals surface area (Å²) in [6.07, 6.45) is 30.8. The number of allylic oxidation sites excluding steroid dienone is 8. The monoisotopic (exact) mass is 336 g/mol. The molecule has 0 heteroatoms. The van der Waals surface area contributed by atoms with Crippen LogP contribution in [0.5, 0.6) is 0 Å². The smallest absolute Gasteiger partial charge is 0.0134 e.